The lowest BCUT2D eigenvalue weighted by molar-refractivity contribution is -0.129. The molecule has 6 rings (SSSR count). The van der Waals surface area contributed by atoms with Gasteiger partial charge in [0.1, 0.15) is 5.82 Å². The van der Waals surface area contributed by atoms with Crippen LogP contribution in [-0.2, 0) is 6.42 Å². The number of nitrogens with one attached hydrogen (secondary N) is 1. The van der Waals surface area contributed by atoms with E-state index < -0.39 is 0 Å². The van der Waals surface area contributed by atoms with E-state index in [1.54, 1.807) is 0 Å². The predicted octanol–water partition coefficient (Wildman–Crippen LogP) is 7.46. The summed E-state index contributed by atoms with van der Waals surface area (Å²) in [6, 6.07) is 6.53. The van der Waals surface area contributed by atoms with Gasteiger partial charge in [-0.3, -0.25) is 0 Å². The number of fused-ring (bicyclic) bond motifs is 6. The van der Waals surface area contributed by atoms with Crippen molar-refractivity contribution in [2.75, 3.05) is 0 Å². The van der Waals surface area contributed by atoms with Crippen LogP contribution in [0.5, 0.6) is 0 Å². The molecule has 4 aliphatic rings. The molecule has 4 aliphatic carbocycles. The molecule has 3 heteroatoms. The molecule has 0 saturated heterocycles. The van der Waals surface area contributed by atoms with Crippen LogP contribution in [0, 0.1) is 53.3 Å². The van der Waals surface area contributed by atoms with Crippen LogP contribution < -0.4 is 0 Å². The number of aryl methyl sites for hydroxylation is 2. The van der Waals surface area contributed by atoms with E-state index in [4.69, 9.17) is 4.98 Å². The Morgan fingerprint density at radius 2 is 1.82 bits per heavy atom. The zero-order valence-electron chi connectivity index (χ0n) is 21.9. The number of aromatic amines is 1. The van der Waals surface area contributed by atoms with Gasteiger partial charge in [0.2, 0.25) is 0 Å². The predicted molar refractivity (Wildman–Crippen MR) is 140 cm³/mol. The van der Waals surface area contributed by atoms with Gasteiger partial charge in [0, 0.05) is 6.42 Å². The Bertz CT molecular complexity index is 1040. The summed E-state index contributed by atoms with van der Waals surface area (Å²) >= 11 is 0. The molecule has 4 saturated carbocycles. The lowest BCUT2D eigenvalue weighted by Gasteiger charge is -2.61. The number of rotatable bonds is 4. The largest absolute Gasteiger partial charge is 0.393 e. The molecule has 186 valence electrons. The van der Waals surface area contributed by atoms with Crippen LogP contribution in [0.3, 0.4) is 0 Å². The Labute approximate surface area is 206 Å². The molecule has 4 fully saturated rings. The number of H-pyrrole nitrogens is 1. The van der Waals surface area contributed by atoms with Crippen LogP contribution >= 0.6 is 0 Å². The zero-order valence-corrected chi connectivity index (χ0v) is 21.9. The van der Waals surface area contributed by atoms with Gasteiger partial charge >= 0.3 is 0 Å². The summed E-state index contributed by atoms with van der Waals surface area (Å²) in [5.41, 5.74) is 4.62. The van der Waals surface area contributed by atoms with Crippen LogP contribution in [0.4, 0.5) is 0 Å². The SMILES string of the molecule is Cc1ccc2nc(CC[C@H](C)[C@@H]3CC[C@@H]4[C@@H]5CC[C@@H]6C[C@@H](O)CC[C@]6(C)[C@H]5CC[C@@]43C)[nH]c2c1. The van der Waals surface area contributed by atoms with E-state index in [-0.39, 0.29) is 6.10 Å². The highest BCUT2D eigenvalue weighted by molar-refractivity contribution is 5.75. The van der Waals surface area contributed by atoms with Crippen molar-refractivity contribution in [1.29, 1.82) is 0 Å². The number of aliphatic hydroxyl groups is 1. The van der Waals surface area contributed by atoms with E-state index in [1.807, 2.05) is 0 Å². The molecule has 2 aromatic rings. The van der Waals surface area contributed by atoms with E-state index in [0.717, 1.165) is 60.3 Å². The Hall–Kier alpha value is -1.35. The van der Waals surface area contributed by atoms with Crippen molar-refractivity contribution >= 4 is 11.0 Å². The second-order valence-electron chi connectivity index (χ2n) is 13.5. The highest BCUT2D eigenvalue weighted by Crippen LogP contribution is 2.68. The fraction of sp³-hybridized carbons (Fsp3) is 0.774. The second-order valence-corrected chi connectivity index (χ2v) is 13.5. The van der Waals surface area contributed by atoms with Crippen LogP contribution in [0.2, 0.25) is 0 Å². The number of hydrogen-bond acceptors (Lipinski definition) is 2. The van der Waals surface area contributed by atoms with Crippen molar-refractivity contribution in [3.8, 4) is 0 Å². The van der Waals surface area contributed by atoms with Crippen molar-refractivity contribution < 1.29 is 5.11 Å². The molecule has 2 N–H and O–H groups in total. The van der Waals surface area contributed by atoms with E-state index in [0.29, 0.717) is 10.8 Å². The van der Waals surface area contributed by atoms with Gasteiger partial charge in [0.25, 0.3) is 0 Å². The third-order valence-corrected chi connectivity index (χ3v) is 11.9. The molecule has 3 nitrogen and oxygen atoms in total. The zero-order chi connectivity index (χ0) is 23.7. The van der Waals surface area contributed by atoms with Crippen molar-refractivity contribution in [3.05, 3.63) is 29.6 Å². The van der Waals surface area contributed by atoms with E-state index in [1.165, 1.54) is 68.3 Å². The number of hydrogen-bond donors (Lipinski definition) is 2. The van der Waals surface area contributed by atoms with Gasteiger partial charge in [-0.1, -0.05) is 26.8 Å². The average molecular weight is 463 g/mol. The first-order chi connectivity index (χ1) is 16.3. The van der Waals surface area contributed by atoms with Gasteiger partial charge in [-0.15, -0.1) is 0 Å². The molecule has 0 aliphatic heterocycles. The molecular weight excluding hydrogens is 416 g/mol. The highest BCUT2D eigenvalue weighted by atomic mass is 16.3. The second kappa shape index (κ2) is 8.36. The van der Waals surface area contributed by atoms with Crippen molar-refractivity contribution in [2.45, 2.75) is 104 Å². The summed E-state index contributed by atoms with van der Waals surface area (Å²) in [6.45, 7) is 9.99. The lowest BCUT2D eigenvalue weighted by Crippen LogP contribution is -2.54. The number of aliphatic hydroxyl groups excluding tert-OH is 1. The van der Waals surface area contributed by atoms with E-state index in [9.17, 15) is 5.11 Å². The van der Waals surface area contributed by atoms with Crippen molar-refractivity contribution in [2.24, 2.45) is 46.3 Å². The number of benzene rings is 1. The van der Waals surface area contributed by atoms with Crippen LogP contribution in [0.1, 0.15) is 96.4 Å². The quantitative estimate of drug-likeness (QED) is 0.495. The molecule has 34 heavy (non-hydrogen) atoms. The number of aromatic nitrogens is 2. The van der Waals surface area contributed by atoms with Gasteiger partial charge in [0.15, 0.2) is 0 Å². The van der Waals surface area contributed by atoms with Crippen molar-refractivity contribution in [1.82, 2.24) is 9.97 Å². The number of nitrogens with zero attached hydrogens (tertiary/aromatic N) is 1. The maximum atomic E-state index is 10.3. The monoisotopic (exact) mass is 462 g/mol. The Balaban J connectivity index is 1.15. The van der Waals surface area contributed by atoms with Gasteiger partial charge in [-0.05, 0) is 135 Å². The molecule has 9 atom stereocenters. The van der Waals surface area contributed by atoms with Gasteiger partial charge in [-0.25, -0.2) is 4.98 Å². The minimum Gasteiger partial charge on any atom is -0.393 e. The fourth-order valence-electron chi connectivity index (χ4n) is 10.1. The third kappa shape index (κ3) is 3.59. The minimum absolute atomic E-state index is 0.0315. The summed E-state index contributed by atoms with van der Waals surface area (Å²) < 4.78 is 0. The van der Waals surface area contributed by atoms with Crippen LogP contribution in [0.25, 0.3) is 11.0 Å². The first-order valence-electron chi connectivity index (χ1n) is 14.4. The molecule has 1 aromatic carbocycles. The molecular formula is C31H46N2O. The van der Waals surface area contributed by atoms with Gasteiger partial charge in [-0.2, -0.15) is 0 Å². The molecule has 0 spiro atoms. The molecule has 0 bridgehead atoms. The Kier molecular flexibility index (Phi) is 5.67. The molecule has 0 amide bonds. The standard InChI is InChI=1S/C31H46N2O/c1-19-5-11-27-28(17-19)33-29(32-27)12-6-20(2)24-9-10-25-23-8-7-21-18-22(34)13-15-30(21,3)26(23)14-16-31(24,25)4/h5,11,17,20-26,34H,6-10,12-16,18H2,1-4H3,(H,32,33)/t20-,21+,22-,23-,24-,25+,26-,30-,31+/m0/s1. The molecule has 0 radical (unpaired) electrons. The summed E-state index contributed by atoms with van der Waals surface area (Å²) in [6.07, 6.45) is 14.2. The molecule has 1 aromatic heterocycles. The van der Waals surface area contributed by atoms with Gasteiger partial charge < -0.3 is 10.1 Å². The summed E-state index contributed by atoms with van der Waals surface area (Å²) in [5.74, 6) is 6.34. The van der Waals surface area contributed by atoms with Crippen molar-refractivity contribution in [3.63, 3.8) is 0 Å². The minimum atomic E-state index is -0.0315. The molecule has 0 unspecified atom stereocenters. The first-order valence-corrected chi connectivity index (χ1v) is 14.4. The average Bonchev–Trinajstić information content (AvgIpc) is 3.37. The Morgan fingerprint density at radius 1 is 1.03 bits per heavy atom. The Morgan fingerprint density at radius 3 is 2.68 bits per heavy atom. The maximum Gasteiger partial charge on any atom is 0.107 e. The summed E-state index contributed by atoms with van der Waals surface area (Å²) in [4.78, 5) is 8.47. The topological polar surface area (TPSA) is 48.9 Å². The van der Waals surface area contributed by atoms with Gasteiger partial charge in [0.05, 0.1) is 17.1 Å². The van der Waals surface area contributed by atoms with Crippen LogP contribution in [-0.4, -0.2) is 21.2 Å². The lowest BCUT2D eigenvalue weighted by atomic mass is 9.44. The smallest absolute Gasteiger partial charge is 0.107 e. The van der Waals surface area contributed by atoms with E-state index in [2.05, 4.69) is 50.9 Å². The normalized spacial score (nSPS) is 42.7. The number of imidazole rings is 1. The van der Waals surface area contributed by atoms with Crippen LogP contribution in [0.15, 0.2) is 18.2 Å². The summed E-state index contributed by atoms with van der Waals surface area (Å²) in [5, 5.41) is 10.3. The highest BCUT2D eigenvalue weighted by Gasteiger charge is 2.60. The maximum absolute atomic E-state index is 10.3. The third-order valence-electron chi connectivity index (χ3n) is 11.9. The molecule has 1 heterocycles. The summed E-state index contributed by atoms with van der Waals surface area (Å²) in [7, 11) is 0. The first kappa shape index (κ1) is 23.1. The fourth-order valence-corrected chi connectivity index (χ4v) is 10.1. The van der Waals surface area contributed by atoms with E-state index >= 15 is 0 Å².